The molecule has 0 fully saturated rings. The zero-order valence-corrected chi connectivity index (χ0v) is 13.2. The lowest BCUT2D eigenvalue weighted by atomic mass is 9.83. The van der Waals surface area contributed by atoms with Gasteiger partial charge in [-0.2, -0.15) is 0 Å². The van der Waals surface area contributed by atoms with Gasteiger partial charge < -0.3 is 10.1 Å². The van der Waals surface area contributed by atoms with Crippen molar-refractivity contribution in [3.05, 3.63) is 12.2 Å². The Kier molecular flexibility index (Phi) is 5.58. The van der Waals surface area contributed by atoms with Gasteiger partial charge in [-0.3, -0.25) is 14.6 Å². The van der Waals surface area contributed by atoms with Crippen LogP contribution in [0.15, 0.2) is 17.1 Å². The lowest BCUT2D eigenvalue weighted by molar-refractivity contribution is -0.156. The first-order valence-electron chi connectivity index (χ1n) is 7.16. The van der Waals surface area contributed by atoms with E-state index in [-0.39, 0.29) is 30.5 Å². The van der Waals surface area contributed by atoms with Gasteiger partial charge in [0.1, 0.15) is 11.1 Å². The van der Waals surface area contributed by atoms with E-state index in [1.165, 1.54) is 0 Å². The number of aliphatic imine (C=N–C) groups is 1. The van der Waals surface area contributed by atoms with E-state index in [1.54, 1.807) is 18.4 Å². The number of allylic oxidation sites excluding steroid dienone is 1. The van der Waals surface area contributed by atoms with Gasteiger partial charge in [0.05, 0.1) is 0 Å². The van der Waals surface area contributed by atoms with E-state index in [1.807, 2.05) is 27.7 Å². The van der Waals surface area contributed by atoms with E-state index in [9.17, 15) is 9.59 Å². The molecule has 1 N–H and O–H groups in total. The molecule has 2 atom stereocenters. The SMILES string of the molecule is CC(CC(=O)OC(C)(C)C)CC1(C(=O)CC=N)C=CC=N1. The molecule has 21 heavy (non-hydrogen) atoms. The zero-order chi connectivity index (χ0) is 16.1. The second kappa shape index (κ2) is 6.78. The molecule has 5 heteroatoms. The van der Waals surface area contributed by atoms with Crippen LogP contribution in [-0.2, 0) is 14.3 Å². The highest BCUT2D eigenvalue weighted by Crippen LogP contribution is 2.30. The maximum atomic E-state index is 12.2. The summed E-state index contributed by atoms with van der Waals surface area (Å²) < 4.78 is 5.30. The molecular formula is C16H24N2O3. The molecule has 0 aromatic carbocycles. The maximum absolute atomic E-state index is 12.2. The molecule has 0 saturated carbocycles. The van der Waals surface area contributed by atoms with Crippen LogP contribution < -0.4 is 0 Å². The number of hydrogen-bond acceptors (Lipinski definition) is 5. The first-order valence-corrected chi connectivity index (χ1v) is 7.16. The van der Waals surface area contributed by atoms with Crippen molar-refractivity contribution < 1.29 is 14.3 Å². The molecule has 0 aliphatic carbocycles. The predicted molar refractivity (Wildman–Crippen MR) is 83.0 cm³/mol. The number of ketones is 1. The van der Waals surface area contributed by atoms with Crippen LogP contribution >= 0.6 is 0 Å². The Morgan fingerprint density at radius 2 is 2.10 bits per heavy atom. The van der Waals surface area contributed by atoms with Crippen molar-refractivity contribution in [1.82, 2.24) is 0 Å². The fraction of sp³-hybridized carbons (Fsp3) is 0.625. The van der Waals surface area contributed by atoms with Crippen LogP contribution in [0.1, 0.15) is 47.0 Å². The minimum Gasteiger partial charge on any atom is -0.460 e. The number of carbonyl (C=O) groups excluding carboxylic acids is 2. The van der Waals surface area contributed by atoms with Crippen LogP contribution in [0.5, 0.6) is 0 Å². The van der Waals surface area contributed by atoms with Gasteiger partial charge in [-0.15, -0.1) is 0 Å². The Morgan fingerprint density at radius 1 is 1.43 bits per heavy atom. The molecule has 0 saturated heterocycles. The van der Waals surface area contributed by atoms with Crippen LogP contribution in [0, 0.1) is 11.3 Å². The number of ether oxygens (including phenoxy) is 1. The fourth-order valence-corrected chi connectivity index (χ4v) is 2.36. The summed E-state index contributed by atoms with van der Waals surface area (Å²) >= 11 is 0. The van der Waals surface area contributed by atoms with Gasteiger partial charge in [0.2, 0.25) is 0 Å². The van der Waals surface area contributed by atoms with Gasteiger partial charge in [-0.05, 0) is 45.3 Å². The molecule has 1 rings (SSSR count). The summed E-state index contributed by atoms with van der Waals surface area (Å²) in [6.45, 7) is 7.39. The lowest BCUT2D eigenvalue weighted by Gasteiger charge is -2.26. The summed E-state index contributed by atoms with van der Waals surface area (Å²) in [5.41, 5.74) is -1.42. The molecule has 0 bridgehead atoms. The largest absolute Gasteiger partial charge is 0.460 e. The first kappa shape index (κ1) is 17.3. The van der Waals surface area contributed by atoms with Gasteiger partial charge in [0, 0.05) is 25.3 Å². The topological polar surface area (TPSA) is 79.6 Å². The van der Waals surface area contributed by atoms with Crippen molar-refractivity contribution in [3.8, 4) is 0 Å². The van der Waals surface area contributed by atoms with Gasteiger partial charge in [0.15, 0.2) is 5.78 Å². The van der Waals surface area contributed by atoms with E-state index in [2.05, 4.69) is 4.99 Å². The van der Waals surface area contributed by atoms with Gasteiger partial charge in [-0.1, -0.05) is 6.92 Å². The predicted octanol–water partition coefficient (Wildman–Crippen LogP) is 2.73. The normalized spacial score (nSPS) is 22.1. The standard InChI is InChI=1S/C16H24N2O3/c1-12(10-14(20)21-15(2,3)4)11-16(7-5-9-18-16)13(19)6-8-17/h5,7-9,12,17H,6,10-11H2,1-4H3. The molecule has 5 nitrogen and oxygen atoms in total. The molecule has 0 amide bonds. The van der Waals surface area contributed by atoms with Crippen LogP contribution in [0.3, 0.4) is 0 Å². The summed E-state index contributed by atoms with van der Waals surface area (Å²) in [5.74, 6) is -0.413. The van der Waals surface area contributed by atoms with Crippen LogP contribution in [-0.4, -0.2) is 35.3 Å². The average molecular weight is 292 g/mol. The number of Topliss-reactive ketones (excluding diaryl/α,β-unsaturated/α-hetero) is 1. The number of carbonyl (C=O) groups is 2. The Bertz CT molecular complexity index is 460. The highest BCUT2D eigenvalue weighted by Gasteiger charge is 2.37. The van der Waals surface area contributed by atoms with Crippen molar-refractivity contribution in [1.29, 1.82) is 5.41 Å². The minimum atomic E-state index is -0.918. The maximum Gasteiger partial charge on any atom is 0.306 e. The number of nitrogens with zero attached hydrogens (tertiary/aromatic N) is 1. The Labute approximate surface area is 126 Å². The molecule has 0 aromatic rings. The molecule has 116 valence electrons. The van der Waals surface area contributed by atoms with Crippen LogP contribution in [0.4, 0.5) is 0 Å². The Balaban J connectivity index is 2.66. The van der Waals surface area contributed by atoms with Crippen molar-refractivity contribution >= 4 is 24.2 Å². The summed E-state index contributed by atoms with van der Waals surface area (Å²) in [5, 5.41) is 7.08. The van der Waals surface area contributed by atoms with E-state index in [0.29, 0.717) is 6.42 Å². The van der Waals surface area contributed by atoms with Gasteiger partial charge in [0.25, 0.3) is 0 Å². The van der Waals surface area contributed by atoms with Gasteiger partial charge >= 0.3 is 5.97 Å². The van der Waals surface area contributed by atoms with Crippen LogP contribution in [0.2, 0.25) is 0 Å². The molecular weight excluding hydrogens is 268 g/mol. The van der Waals surface area contributed by atoms with Crippen molar-refractivity contribution in [2.75, 3.05) is 0 Å². The summed E-state index contributed by atoms with van der Waals surface area (Å²) in [6, 6.07) is 0. The zero-order valence-electron chi connectivity index (χ0n) is 13.2. The molecule has 1 heterocycles. The lowest BCUT2D eigenvalue weighted by Crippen LogP contribution is -2.36. The third-order valence-corrected chi connectivity index (χ3v) is 3.13. The molecule has 1 aliphatic heterocycles. The van der Waals surface area contributed by atoms with Crippen molar-refractivity contribution in [2.24, 2.45) is 10.9 Å². The van der Waals surface area contributed by atoms with E-state index in [4.69, 9.17) is 10.1 Å². The monoisotopic (exact) mass is 292 g/mol. The quantitative estimate of drug-likeness (QED) is 0.578. The van der Waals surface area contributed by atoms with Crippen molar-refractivity contribution in [3.63, 3.8) is 0 Å². The Hall–Kier alpha value is -1.78. The summed E-state index contributed by atoms with van der Waals surface area (Å²) in [6.07, 6.45) is 6.94. The van der Waals surface area contributed by atoms with Crippen molar-refractivity contribution in [2.45, 2.75) is 58.1 Å². The minimum absolute atomic E-state index is 0.0329. The van der Waals surface area contributed by atoms with Gasteiger partial charge in [-0.25, -0.2) is 0 Å². The Morgan fingerprint density at radius 3 is 2.57 bits per heavy atom. The highest BCUT2D eigenvalue weighted by molar-refractivity contribution is 6.01. The summed E-state index contributed by atoms with van der Waals surface area (Å²) in [4.78, 5) is 28.3. The fourth-order valence-electron chi connectivity index (χ4n) is 2.36. The number of esters is 1. The molecule has 2 unspecified atom stereocenters. The first-order chi connectivity index (χ1) is 9.68. The average Bonchev–Trinajstić information content (AvgIpc) is 2.75. The van der Waals surface area contributed by atoms with E-state index in [0.717, 1.165) is 6.21 Å². The number of rotatable bonds is 7. The number of hydrogen-bond donors (Lipinski definition) is 1. The molecule has 0 spiro atoms. The van der Waals surface area contributed by atoms with E-state index >= 15 is 0 Å². The smallest absolute Gasteiger partial charge is 0.306 e. The van der Waals surface area contributed by atoms with Crippen LogP contribution in [0.25, 0.3) is 0 Å². The third-order valence-electron chi connectivity index (χ3n) is 3.13. The van der Waals surface area contributed by atoms with E-state index < -0.39 is 11.1 Å². The molecule has 1 aliphatic rings. The summed E-state index contributed by atoms with van der Waals surface area (Å²) in [7, 11) is 0. The highest BCUT2D eigenvalue weighted by atomic mass is 16.6. The molecule has 0 aromatic heterocycles. The third kappa shape index (κ3) is 5.25. The molecule has 0 radical (unpaired) electrons. The second-order valence-electron chi connectivity index (χ2n) is 6.49. The second-order valence-corrected chi connectivity index (χ2v) is 6.49. The number of nitrogens with one attached hydrogen (secondary N) is 1.